The van der Waals surface area contributed by atoms with E-state index in [4.69, 9.17) is 4.98 Å². The molecule has 11 rings (SSSR count). The lowest BCUT2D eigenvalue weighted by Crippen LogP contribution is -2.60. The van der Waals surface area contributed by atoms with Crippen molar-refractivity contribution in [2.24, 2.45) is 7.05 Å². The number of nitrogens with one attached hydrogen (secondary N) is 2. The first-order chi connectivity index (χ1) is 36.6. The first-order valence-electron chi connectivity index (χ1n) is 27.0. The van der Waals surface area contributed by atoms with Gasteiger partial charge in [0.1, 0.15) is 11.9 Å². The number of carbonyl (C=O) groups is 6. The predicted molar refractivity (Wildman–Crippen MR) is 291 cm³/mol. The molecule has 4 unspecified atom stereocenters. The normalized spacial score (nSPS) is 25.2. The Kier molecular flexibility index (Phi) is 13.9. The van der Waals surface area contributed by atoms with Crippen LogP contribution in [-0.4, -0.2) is 159 Å². The molecule has 2 aromatic carbocycles. The molecule has 1 aliphatic carbocycles. The second-order valence-electron chi connectivity index (χ2n) is 21.6. The van der Waals surface area contributed by atoms with Crippen molar-refractivity contribution in [1.82, 2.24) is 29.2 Å². The van der Waals surface area contributed by atoms with Crippen LogP contribution in [0.15, 0.2) is 60.0 Å². The van der Waals surface area contributed by atoms with Crippen LogP contribution in [0.3, 0.4) is 0 Å². The van der Waals surface area contributed by atoms with Crippen molar-refractivity contribution in [3.63, 3.8) is 0 Å². The number of nitrogens with zero attached hydrogens (tertiary/aromatic N) is 9. The fourth-order valence-electron chi connectivity index (χ4n) is 13.2. The highest BCUT2D eigenvalue weighted by molar-refractivity contribution is 7.14. The number of likely N-dealkylation sites (tertiary alicyclic amines) is 1. The molecule has 3 N–H and O–H groups in total. The zero-order chi connectivity index (χ0) is 53.3. The number of hydrogen-bond acceptors (Lipinski definition) is 15. The van der Waals surface area contributed by atoms with Crippen LogP contribution in [0.5, 0.6) is 0 Å². The molecule has 2 aromatic heterocycles. The van der Waals surface area contributed by atoms with E-state index in [-0.39, 0.29) is 77.8 Å². The Balaban J connectivity index is 0.755. The zero-order valence-electron chi connectivity index (χ0n) is 43.8. The average Bonchev–Trinajstić information content (AvgIpc) is 3.94. The van der Waals surface area contributed by atoms with Gasteiger partial charge in [0.25, 0.3) is 29.2 Å². The van der Waals surface area contributed by atoms with E-state index >= 15 is 0 Å². The molecule has 400 valence electrons. The molecule has 6 amide bonds. The summed E-state index contributed by atoms with van der Waals surface area (Å²) in [4.78, 5) is 113. The van der Waals surface area contributed by atoms with E-state index < -0.39 is 29.8 Å². The maximum absolute atomic E-state index is 14.2. The second-order valence-corrected chi connectivity index (χ2v) is 22.8. The van der Waals surface area contributed by atoms with Crippen molar-refractivity contribution >= 4 is 81.2 Å². The number of carbonyl (C=O) groups excluding carboxylic acids is 6. The Morgan fingerprint density at radius 1 is 0.803 bits per heavy atom. The van der Waals surface area contributed by atoms with Crippen molar-refractivity contribution in [3.8, 4) is 0 Å². The number of aliphatic hydroxyl groups is 1. The first kappa shape index (κ1) is 51.2. The van der Waals surface area contributed by atoms with E-state index in [0.717, 1.165) is 97.1 Å². The quantitative estimate of drug-likeness (QED) is 0.135. The Bertz CT molecular complexity index is 3120. The molecular weight excluding hydrogens is 987 g/mol. The molecule has 0 saturated carbocycles. The van der Waals surface area contributed by atoms with Crippen LogP contribution < -0.4 is 30.9 Å². The number of piperidine rings is 3. The molecule has 6 atom stereocenters. The summed E-state index contributed by atoms with van der Waals surface area (Å²) >= 11 is 1.66. The van der Waals surface area contributed by atoms with Gasteiger partial charge < -0.3 is 39.9 Å². The second kappa shape index (κ2) is 20.6. The highest BCUT2D eigenvalue weighted by Crippen LogP contribution is 2.41. The van der Waals surface area contributed by atoms with E-state index in [1.807, 2.05) is 34.1 Å². The third-order valence-corrected chi connectivity index (χ3v) is 18.5. The Labute approximate surface area is 446 Å². The molecule has 0 radical (unpaired) electrons. The molecule has 4 aromatic rings. The number of thiophene rings is 1. The maximum Gasteiger partial charge on any atom is 0.293 e. The van der Waals surface area contributed by atoms with Crippen molar-refractivity contribution in [2.75, 3.05) is 78.3 Å². The summed E-state index contributed by atoms with van der Waals surface area (Å²) in [6.07, 6.45) is 11.7. The number of aryl methyl sites for hydroxylation is 2. The van der Waals surface area contributed by atoms with Crippen LogP contribution in [0, 0.1) is 0 Å². The fourth-order valence-corrected chi connectivity index (χ4v) is 14.6. The standard InChI is InChI=1S/C56H67N11O8S/c1-6-48(69)58-41-27-34(57-51-56(75)60(4)30-47(59-51)65-21-9-11-43(45(65)31-68)66-23-20-38-37-10-7-8-12-46(37)76-50(38)55(66)74)13-16-42(41)64-25-24-62(29-33(64)3)35-19-22-63(32(2)26-35)36-14-15-39-40(28-36)53(72)67(52(39)71)44-17-18-49(70)61(5)54(44)73/h6,13-16,27-28,30,32-33,35,43-45,68H,1,7-12,17-26,29,31H2,2-5H3,(H,57,59)(H,58,69)/t32-,33+,35?,43?,44?,45?/m1/s1. The van der Waals surface area contributed by atoms with Crippen molar-refractivity contribution < 1.29 is 33.9 Å². The summed E-state index contributed by atoms with van der Waals surface area (Å²) in [5.74, 6) is -1.60. The van der Waals surface area contributed by atoms with Gasteiger partial charge in [0.15, 0.2) is 5.82 Å². The van der Waals surface area contributed by atoms with Crippen LogP contribution in [0.2, 0.25) is 0 Å². The summed E-state index contributed by atoms with van der Waals surface area (Å²) in [5.41, 5.74) is 5.59. The minimum Gasteiger partial charge on any atom is -0.394 e. The molecule has 0 spiro atoms. The predicted octanol–water partition coefficient (Wildman–Crippen LogP) is 4.93. The van der Waals surface area contributed by atoms with E-state index in [1.165, 1.54) is 40.1 Å². The number of amides is 6. The average molecular weight is 1050 g/mol. The molecular formula is C56H67N11O8S. The van der Waals surface area contributed by atoms with Gasteiger partial charge in [-0.15, -0.1) is 11.3 Å². The van der Waals surface area contributed by atoms with Crippen LogP contribution in [0.4, 0.5) is 34.4 Å². The molecule has 7 aliphatic rings. The lowest BCUT2D eigenvalue weighted by molar-refractivity contribution is -0.149. The van der Waals surface area contributed by atoms with Gasteiger partial charge in [0, 0.05) is 100 Å². The number of aliphatic hydroxyl groups excluding tert-OH is 1. The Hall–Kier alpha value is -6.90. The van der Waals surface area contributed by atoms with E-state index in [0.29, 0.717) is 42.9 Å². The molecule has 0 bridgehead atoms. The fraction of sp³-hybridized carbons (Fsp3) is 0.500. The van der Waals surface area contributed by atoms with Crippen molar-refractivity contribution in [2.45, 2.75) is 121 Å². The maximum atomic E-state index is 14.2. The third kappa shape index (κ3) is 9.04. The summed E-state index contributed by atoms with van der Waals surface area (Å²) in [7, 11) is 3.06. The molecule has 6 aliphatic heterocycles. The summed E-state index contributed by atoms with van der Waals surface area (Å²) in [5, 5.41) is 17.3. The molecule has 4 saturated heterocycles. The van der Waals surface area contributed by atoms with Gasteiger partial charge in [0.05, 0.1) is 46.1 Å². The molecule has 4 fully saturated rings. The Morgan fingerprint density at radius 2 is 1.61 bits per heavy atom. The monoisotopic (exact) mass is 1050 g/mol. The number of likely N-dealkylation sites (N-methyl/N-ethyl adjacent to an activating group) is 1. The molecule has 20 heteroatoms. The van der Waals surface area contributed by atoms with Gasteiger partial charge in [-0.1, -0.05) is 6.58 Å². The van der Waals surface area contributed by atoms with Gasteiger partial charge in [-0.3, -0.25) is 48.3 Å². The van der Waals surface area contributed by atoms with Crippen LogP contribution in [0.25, 0.3) is 0 Å². The first-order valence-corrected chi connectivity index (χ1v) is 27.8. The topological polar surface area (TPSA) is 204 Å². The van der Waals surface area contributed by atoms with E-state index in [2.05, 4.69) is 45.8 Å². The minimum absolute atomic E-state index is 0.0572. The summed E-state index contributed by atoms with van der Waals surface area (Å²) in [6.45, 7) is 12.1. The lowest BCUT2D eigenvalue weighted by Gasteiger charge is -2.48. The van der Waals surface area contributed by atoms with Gasteiger partial charge in [0.2, 0.25) is 11.8 Å². The van der Waals surface area contributed by atoms with Crippen LogP contribution in [-0.2, 0) is 40.7 Å². The zero-order valence-corrected chi connectivity index (χ0v) is 44.6. The number of rotatable bonds is 11. The third-order valence-electron chi connectivity index (χ3n) is 17.2. The SMILES string of the molecule is C=CC(=O)Nc1cc(Nc2nc(N3CCCC(N4CCc5c(sc6c5CCCC6)C4=O)C3CO)cn(C)c2=O)ccc1N1CCN(C2CCN(c3ccc4c(c3)C(=O)N(C3CCC(=O)N(C)C3=O)C4=O)[C@H](C)C2)C[C@@H]1C. The number of anilines is 6. The Morgan fingerprint density at radius 3 is 2.38 bits per heavy atom. The number of fused-ring (bicyclic) bond motifs is 4. The number of hydrogen-bond donors (Lipinski definition) is 3. The molecule has 76 heavy (non-hydrogen) atoms. The largest absolute Gasteiger partial charge is 0.394 e. The lowest BCUT2D eigenvalue weighted by atomic mass is 9.89. The van der Waals surface area contributed by atoms with Crippen LogP contribution in [0.1, 0.15) is 112 Å². The van der Waals surface area contributed by atoms with Gasteiger partial charge in [-0.25, -0.2) is 4.98 Å². The number of benzene rings is 2. The number of aromatic nitrogens is 2. The highest BCUT2D eigenvalue weighted by Gasteiger charge is 2.47. The van der Waals surface area contributed by atoms with Gasteiger partial charge in [-0.05, 0) is 132 Å². The minimum atomic E-state index is -1.00. The van der Waals surface area contributed by atoms with E-state index in [1.54, 1.807) is 36.7 Å². The number of imide groups is 2. The smallest absolute Gasteiger partial charge is 0.293 e. The highest BCUT2D eigenvalue weighted by atomic mass is 32.1. The van der Waals surface area contributed by atoms with Crippen molar-refractivity contribution in [3.05, 3.63) is 97.6 Å². The van der Waals surface area contributed by atoms with Crippen LogP contribution >= 0.6 is 11.3 Å². The van der Waals surface area contributed by atoms with Gasteiger partial charge in [-0.2, -0.15) is 0 Å². The van der Waals surface area contributed by atoms with E-state index in [9.17, 15) is 38.7 Å². The molecule has 19 nitrogen and oxygen atoms in total. The summed E-state index contributed by atoms with van der Waals surface area (Å²) < 4.78 is 1.48. The number of piperazine rings is 1. The van der Waals surface area contributed by atoms with Crippen molar-refractivity contribution in [1.29, 1.82) is 0 Å². The summed E-state index contributed by atoms with van der Waals surface area (Å²) in [6, 6.07) is 9.81. The van der Waals surface area contributed by atoms with Gasteiger partial charge >= 0.3 is 0 Å². The molecule has 8 heterocycles.